The Bertz CT molecular complexity index is 968. The molecule has 1 aromatic carbocycles. The van der Waals surface area contributed by atoms with Crippen molar-refractivity contribution < 1.29 is 23.8 Å². The highest BCUT2D eigenvalue weighted by Crippen LogP contribution is 2.21. The first-order chi connectivity index (χ1) is 15.8. The van der Waals surface area contributed by atoms with Gasteiger partial charge in [-0.15, -0.1) is 0 Å². The summed E-state index contributed by atoms with van der Waals surface area (Å²) in [4.78, 5) is 28.5. The molecule has 0 saturated heterocycles. The van der Waals surface area contributed by atoms with Crippen LogP contribution in [0.5, 0.6) is 0 Å². The maximum atomic E-state index is 13.9. The number of anilines is 1. The highest BCUT2D eigenvalue weighted by atomic mass is 35.5. The molecule has 178 valence electrons. The van der Waals surface area contributed by atoms with Crippen LogP contribution >= 0.6 is 11.6 Å². The summed E-state index contributed by atoms with van der Waals surface area (Å²) in [5.41, 5.74) is 1.93. The number of carbonyl (C=O) groups is 2. The van der Waals surface area contributed by atoms with Crippen LogP contribution in [-0.2, 0) is 22.4 Å². The summed E-state index contributed by atoms with van der Waals surface area (Å²) in [5.74, 6) is -1.66. The zero-order chi connectivity index (χ0) is 23.8. The molecule has 33 heavy (non-hydrogen) atoms. The number of nitrogens with zero attached hydrogens (tertiary/aromatic N) is 1. The third-order valence-electron chi connectivity index (χ3n) is 5.59. The molecule has 1 aliphatic rings. The Balaban J connectivity index is 1.40. The maximum absolute atomic E-state index is 13.9. The zero-order valence-corrected chi connectivity index (χ0v) is 19.3. The number of nitrogens with one attached hydrogen (secondary N) is 2. The summed E-state index contributed by atoms with van der Waals surface area (Å²) < 4.78 is 19.5. The number of carbonyl (C=O) groups excluding carboxylic acids is 1. The molecule has 9 heteroatoms. The van der Waals surface area contributed by atoms with E-state index in [9.17, 15) is 19.1 Å². The lowest BCUT2D eigenvalue weighted by atomic mass is 10.0. The van der Waals surface area contributed by atoms with Crippen LogP contribution in [0.15, 0.2) is 30.3 Å². The Hall–Kier alpha value is -2.71. The Morgan fingerprint density at radius 1 is 1.30 bits per heavy atom. The van der Waals surface area contributed by atoms with E-state index in [4.69, 9.17) is 21.3 Å². The predicted octanol–water partition coefficient (Wildman–Crippen LogP) is 4.09. The van der Waals surface area contributed by atoms with Crippen LogP contribution in [0.2, 0.25) is 5.02 Å². The number of ether oxygens (including phenoxy) is 1. The molecular formula is C24H29ClFN3O4. The first-order valence-corrected chi connectivity index (χ1v) is 11.5. The molecule has 2 heterocycles. The monoisotopic (exact) mass is 477 g/mol. The number of amides is 1. The van der Waals surface area contributed by atoms with Gasteiger partial charge in [0.2, 0.25) is 0 Å². The SMILES string of the molecule is C[C@H](CCc1ccc2c(n1)NCCC2)COCC[C@H](NC(=O)c1c(F)cccc1Cl)C(=O)O. The third-order valence-corrected chi connectivity index (χ3v) is 5.91. The number of aliphatic carboxylic acids is 1. The Kier molecular flexibility index (Phi) is 9.03. The van der Waals surface area contributed by atoms with E-state index in [-0.39, 0.29) is 29.5 Å². The molecule has 1 amide bonds. The average Bonchev–Trinajstić information content (AvgIpc) is 2.79. The lowest BCUT2D eigenvalue weighted by molar-refractivity contribution is -0.139. The minimum absolute atomic E-state index is 0.0535. The predicted molar refractivity (Wildman–Crippen MR) is 124 cm³/mol. The Morgan fingerprint density at radius 3 is 2.88 bits per heavy atom. The second kappa shape index (κ2) is 12.0. The molecule has 2 atom stereocenters. The first-order valence-electron chi connectivity index (χ1n) is 11.1. The van der Waals surface area contributed by atoms with E-state index < -0.39 is 23.7 Å². The number of benzene rings is 1. The van der Waals surface area contributed by atoms with Gasteiger partial charge in [-0.1, -0.05) is 30.7 Å². The number of pyridine rings is 1. The van der Waals surface area contributed by atoms with Crippen molar-refractivity contribution in [2.24, 2.45) is 5.92 Å². The molecule has 0 fully saturated rings. The summed E-state index contributed by atoms with van der Waals surface area (Å²) in [5, 5.41) is 15.0. The number of fused-ring (bicyclic) bond motifs is 1. The molecule has 3 N–H and O–H groups in total. The fraction of sp³-hybridized carbons (Fsp3) is 0.458. The van der Waals surface area contributed by atoms with Gasteiger partial charge in [0.25, 0.3) is 5.91 Å². The van der Waals surface area contributed by atoms with E-state index in [1.165, 1.54) is 17.7 Å². The molecule has 3 rings (SSSR count). The summed E-state index contributed by atoms with van der Waals surface area (Å²) in [6.07, 6.45) is 3.96. The maximum Gasteiger partial charge on any atom is 0.326 e. The molecule has 0 bridgehead atoms. The van der Waals surface area contributed by atoms with Crippen LogP contribution in [0.3, 0.4) is 0 Å². The van der Waals surface area contributed by atoms with Gasteiger partial charge in [-0.05, 0) is 55.4 Å². The van der Waals surface area contributed by atoms with Crippen LogP contribution in [0.25, 0.3) is 0 Å². The van der Waals surface area contributed by atoms with Crippen LogP contribution < -0.4 is 10.6 Å². The van der Waals surface area contributed by atoms with E-state index in [0.717, 1.165) is 49.8 Å². The second-order valence-electron chi connectivity index (χ2n) is 8.31. The van der Waals surface area contributed by atoms with Gasteiger partial charge in [-0.2, -0.15) is 0 Å². The molecule has 7 nitrogen and oxygen atoms in total. The van der Waals surface area contributed by atoms with Gasteiger partial charge < -0.3 is 20.5 Å². The van der Waals surface area contributed by atoms with Crippen molar-refractivity contribution in [1.82, 2.24) is 10.3 Å². The molecule has 0 radical (unpaired) electrons. The summed E-state index contributed by atoms with van der Waals surface area (Å²) in [6, 6.07) is 6.83. The number of carboxylic acids is 1. The van der Waals surface area contributed by atoms with Gasteiger partial charge in [0, 0.05) is 31.9 Å². The van der Waals surface area contributed by atoms with Gasteiger partial charge >= 0.3 is 5.97 Å². The standard InChI is InChI=1S/C24H29ClFN3O4/c1-15(7-9-17-10-8-16-4-3-12-27-22(16)28-17)14-33-13-11-20(24(31)32)29-23(30)21-18(25)5-2-6-19(21)26/h2,5-6,8,10,15,20H,3-4,7,9,11-14H2,1H3,(H,27,28)(H,29,30)(H,31,32)/t15-,20+/m1/s1. The summed E-state index contributed by atoms with van der Waals surface area (Å²) in [7, 11) is 0. The molecule has 1 aliphatic heterocycles. The Labute approximate surface area is 197 Å². The first kappa shape index (κ1) is 24.9. The molecular weight excluding hydrogens is 449 g/mol. The third kappa shape index (κ3) is 7.14. The molecule has 0 spiro atoms. The van der Waals surface area contributed by atoms with Gasteiger partial charge in [-0.25, -0.2) is 14.2 Å². The van der Waals surface area contributed by atoms with Crippen molar-refractivity contribution in [3.05, 3.63) is 58.0 Å². The van der Waals surface area contributed by atoms with Crippen LogP contribution in [-0.4, -0.2) is 47.8 Å². The number of aromatic nitrogens is 1. The quantitative estimate of drug-likeness (QED) is 0.421. The number of hydrogen-bond acceptors (Lipinski definition) is 5. The molecule has 0 unspecified atom stereocenters. The summed E-state index contributed by atoms with van der Waals surface area (Å²) >= 11 is 5.88. The lowest BCUT2D eigenvalue weighted by Gasteiger charge is -2.18. The van der Waals surface area contributed by atoms with Gasteiger partial charge in [0.1, 0.15) is 17.7 Å². The largest absolute Gasteiger partial charge is 0.480 e. The minimum Gasteiger partial charge on any atom is -0.480 e. The molecule has 0 aliphatic carbocycles. The van der Waals surface area contributed by atoms with Crippen molar-refractivity contribution in [1.29, 1.82) is 0 Å². The van der Waals surface area contributed by atoms with E-state index in [2.05, 4.69) is 29.7 Å². The highest BCUT2D eigenvalue weighted by Gasteiger charge is 2.24. The van der Waals surface area contributed by atoms with Crippen LogP contribution in [0, 0.1) is 11.7 Å². The van der Waals surface area contributed by atoms with Crippen molar-refractivity contribution in [2.45, 2.75) is 45.1 Å². The van der Waals surface area contributed by atoms with E-state index in [1.54, 1.807) is 0 Å². The molecule has 0 saturated carbocycles. The van der Waals surface area contributed by atoms with Gasteiger partial charge in [0.15, 0.2) is 0 Å². The summed E-state index contributed by atoms with van der Waals surface area (Å²) in [6.45, 7) is 3.63. The van der Waals surface area contributed by atoms with Crippen LogP contribution in [0.4, 0.5) is 10.2 Å². The Morgan fingerprint density at radius 2 is 2.12 bits per heavy atom. The van der Waals surface area contributed by atoms with E-state index in [1.807, 2.05) is 0 Å². The fourth-order valence-corrected chi connectivity index (χ4v) is 3.92. The van der Waals surface area contributed by atoms with E-state index >= 15 is 0 Å². The van der Waals surface area contributed by atoms with Crippen molar-refractivity contribution in [3.8, 4) is 0 Å². The smallest absolute Gasteiger partial charge is 0.326 e. The average molecular weight is 478 g/mol. The number of hydrogen-bond donors (Lipinski definition) is 3. The highest BCUT2D eigenvalue weighted by molar-refractivity contribution is 6.33. The second-order valence-corrected chi connectivity index (χ2v) is 8.72. The van der Waals surface area contributed by atoms with Crippen molar-refractivity contribution in [3.63, 3.8) is 0 Å². The lowest BCUT2D eigenvalue weighted by Crippen LogP contribution is -2.42. The fourth-order valence-electron chi connectivity index (χ4n) is 3.67. The number of rotatable bonds is 11. The topological polar surface area (TPSA) is 101 Å². The van der Waals surface area contributed by atoms with Crippen molar-refractivity contribution >= 4 is 29.3 Å². The number of carboxylic acid groups (broad SMARTS) is 1. The van der Waals surface area contributed by atoms with Gasteiger partial charge in [0.05, 0.1) is 10.6 Å². The number of aryl methyl sites for hydroxylation is 2. The molecule has 2 aromatic rings. The zero-order valence-electron chi connectivity index (χ0n) is 18.6. The normalized spacial score (nSPS) is 14.6. The van der Waals surface area contributed by atoms with Gasteiger partial charge in [-0.3, -0.25) is 4.79 Å². The number of halogens is 2. The van der Waals surface area contributed by atoms with Crippen LogP contribution in [0.1, 0.15) is 47.8 Å². The molecule has 1 aromatic heterocycles. The minimum atomic E-state index is -1.22. The van der Waals surface area contributed by atoms with E-state index in [0.29, 0.717) is 6.61 Å². The van der Waals surface area contributed by atoms with Crippen molar-refractivity contribution in [2.75, 3.05) is 25.1 Å².